The maximum atomic E-state index is 14.4. The molecule has 1 heterocycles. The molecule has 184 valence electrons. The van der Waals surface area contributed by atoms with Gasteiger partial charge < -0.3 is 9.30 Å². The van der Waals surface area contributed by atoms with Gasteiger partial charge in [0, 0.05) is 17.1 Å². The first-order valence-corrected chi connectivity index (χ1v) is 10.6. The van der Waals surface area contributed by atoms with Gasteiger partial charge in [-0.15, -0.1) is 0 Å². The molecule has 1 unspecified atom stereocenters. The largest absolute Gasteiger partial charge is 0.444 e. The van der Waals surface area contributed by atoms with Gasteiger partial charge in [0.05, 0.1) is 32.2 Å². The van der Waals surface area contributed by atoms with E-state index >= 15 is 0 Å². The molecular formula is C23H19Cl2F6NO2. The van der Waals surface area contributed by atoms with Gasteiger partial charge in [-0.2, -0.15) is 26.3 Å². The maximum absolute atomic E-state index is 14.4. The highest BCUT2D eigenvalue weighted by Gasteiger charge is 2.58. The summed E-state index contributed by atoms with van der Waals surface area (Å²) in [5.74, 6) is -1.09. The van der Waals surface area contributed by atoms with E-state index in [4.69, 9.17) is 27.9 Å². The van der Waals surface area contributed by atoms with Crippen LogP contribution in [0.5, 0.6) is 0 Å². The highest BCUT2D eigenvalue weighted by Crippen LogP contribution is 2.47. The summed E-state index contributed by atoms with van der Waals surface area (Å²) in [5, 5.41) is -0.795. The van der Waals surface area contributed by atoms with Crippen LogP contribution in [0.4, 0.5) is 26.3 Å². The number of para-hydroxylation sites is 1. The van der Waals surface area contributed by atoms with Crippen molar-refractivity contribution < 1.29 is 35.9 Å². The molecule has 3 rings (SSSR count). The van der Waals surface area contributed by atoms with E-state index in [1.807, 2.05) is 0 Å². The van der Waals surface area contributed by atoms with Crippen molar-refractivity contribution >= 4 is 40.1 Å². The highest BCUT2D eigenvalue weighted by molar-refractivity contribution is 6.38. The second-order valence-electron chi connectivity index (χ2n) is 8.89. The zero-order valence-corrected chi connectivity index (χ0v) is 19.8. The van der Waals surface area contributed by atoms with Crippen molar-refractivity contribution in [1.82, 2.24) is 4.57 Å². The molecule has 0 aliphatic rings. The Balaban J connectivity index is 2.33. The molecular weight excluding hydrogens is 507 g/mol. The quantitative estimate of drug-likeness (QED) is 0.254. The number of fused-ring (bicyclic) bond motifs is 1. The van der Waals surface area contributed by atoms with Crippen LogP contribution in [-0.2, 0) is 21.3 Å². The third-order valence-electron chi connectivity index (χ3n) is 5.26. The third-order valence-corrected chi connectivity index (χ3v) is 5.84. The average Bonchev–Trinajstić information content (AvgIpc) is 3.05. The predicted molar refractivity (Wildman–Crippen MR) is 117 cm³/mol. The van der Waals surface area contributed by atoms with Gasteiger partial charge in [-0.1, -0.05) is 41.4 Å². The van der Waals surface area contributed by atoms with Gasteiger partial charge in [-0.05, 0) is 45.9 Å². The van der Waals surface area contributed by atoms with E-state index in [1.165, 1.54) is 45.0 Å². The van der Waals surface area contributed by atoms with Crippen molar-refractivity contribution in [2.75, 3.05) is 0 Å². The van der Waals surface area contributed by atoms with Crippen LogP contribution >= 0.6 is 23.2 Å². The van der Waals surface area contributed by atoms with Crippen molar-refractivity contribution in [3.63, 3.8) is 0 Å². The fourth-order valence-corrected chi connectivity index (χ4v) is 3.98. The van der Waals surface area contributed by atoms with Crippen LogP contribution in [0.1, 0.15) is 38.8 Å². The Morgan fingerprint density at radius 3 is 1.91 bits per heavy atom. The normalized spacial score (nSPS) is 14.8. The summed E-state index contributed by atoms with van der Waals surface area (Å²) in [6.45, 7) is 4.96. The van der Waals surface area contributed by atoms with Crippen molar-refractivity contribution in [1.29, 1.82) is 0 Å². The van der Waals surface area contributed by atoms with E-state index in [-0.39, 0.29) is 16.6 Å². The monoisotopic (exact) mass is 525 g/mol. The van der Waals surface area contributed by atoms with Crippen LogP contribution in [0.15, 0.2) is 42.6 Å². The minimum atomic E-state index is -5.03. The van der Waals surface area contributed by atoms with E-state index in [1.54, 1.807) is 0 Å². The molecule has 2 aromatic carbocycles. The molecule has 0 amide bonds. The molecule has 3 nitrogen and oxygen atoms in total. The van der Waals surface area contributed by atoms with Gasteiger partial charge in [0.2, 0.25) is 5.60 Å². The van der Waals surface area contributed by atoms with Crippen molar-refractivity contribution in [3.8, 4) is 5.69 Å². The first-order valence-electron chi connectivity index (χ1n) is 9.85. The minimum Gasteiger partial charge on any atom is -0.444 e. The van der Waals surface area contributed by atoms with Crippen LogP contribution in [-0.4, -0.2) is 16.7 Å². The predicted octanol–water partition coefficient (Wildman–Crippen LogP) is 8.32. The number of alkyl halides is 6. The highest BCUT2D eigenvalue weighted by atomic mass is 35.5. The van der Waals surface area contributed by atoms with E-state index < -0.39 is 50.5 Å². The van der Waals surface area contributed by atoms with Crippen LogP contribution < -0.4 is 0 Å². The number of hydrogen-bond acceptors (Lipinski definition) is 2. The Morgan fingerprint density at radius 1 is 0.912 bits per heavy atom. The Labute approximate surface area is 201 Å². The van der Waals surface area contributed by atoms with Crippen LogP contribution in [0.2, 0.25) is 10.0 Å². The Bertz CT molecular complexity index is 1230. The lowest BCUT2D eigenvalue weighted by Gasteiger charge is -2.34. The molecule has 0 aliphatic carbocycles. The lowest BCUT2D eigenvalue weighted by molar-refractivity contribution is -0.272. The van der Waals surface area contributed by atoms with Crippen LogP contribution in [0.25, 0.3) is 16.6 Å². The second-order valence-corrected chi connectivity index (χ2v) is 9.70. The molecule has 0 radical (unpaired) electrons. The average molecular weight is 526 g/mol. The fourth-order valence-electron chi connectivity index (χ4n) is 3.31. The van der Waals surface area contributed by atoms with Gasteiger partial charge in [0.15, 0.2) is 0 Å². The molecule has 0 fully saturated rings. The zero-order valence-electron chi connectivity index (χ0n) is 18.3. The molecule has 3 aromatic rings. The van der Waals surface area contributed by atoms with Crippen molar-refractivity contribution in [3.05, 3.63) is 63.8 Å². The summed E-state index contributed by atoms with van der Waals surface area (Å²) >= 11 is 12.2. The Morgan fingerprint density at radius 2 is 1.44 bits per heavy atom. The number of carbonyl (C=O) groups excluding carboxylic acids is 1. The summed E-state index contributed by atoms with van der Waals surface area (Å²) in [6, 6.07) is 7.11. The van der Waals surface area contributed by atoms with Crippen molar-refractivity contribution in [2.45, 2.75) is 45.6 Å². The third kappa shape index (κ3) is 4.60. The van der Waals surface area contributed by atoms with E-state index in [0.29, 0.717) is 12.1 Å². The van der Waals surface area contributed by atoms with Gasteiger partial charge >= 0.3 is 18.3 Å². The first kappa shape index (κ1) is 26.2. The number of halogens is 8. The number of ether oxygens (including phenoxy) is 1. The second kappa shape index (κ2) is 8.37. The standard InChI is InChI=1S/C23H19Cl2F6NO2/c1-20(2,3)19(33)34-21(4,23(29,30)31)14-11-32(17-8-6-5-7-13(14)17)18-15(24)9-12(10-16(18)25)22(26,27)28/h5-11H,1-4H3. The summed E-state index contributed by atoms with van der Waals surface area (Å²) in [7, 11) is 0. The Hall–Kier alpha value is -2.39. The minimum absolute atomic E-state index is 0.0519. The van der Waals surface area contributed by atoms with E-state index in [0.717, 1.165) is 17.7 Å². The topological polar surface area (TPSA) is 31.2 Å². The summed E-state index contributed by atoms with van der Waals surface area (Å²) in [4.78, 5) is 12.5. The van der Waals surface area contributed by atoms with Gasteiger partial charge in [-0.25, -0.2) is 0 Å². The lowest BCUT2D eigenvalue weighted by atomic mass is 9.92. The summed E-state index contributed by atoms with van der Waals surface area (Å²) < 4.78 is 88.7. The SMILES string of the molecule is CC(C)(C)C(=O)OC(C)(c1cn(-c2c(Cl)cc(C(F)(F)F)cc2Cl)c2ccccc12)C(F)(F)F. The fraction of sp³-hybridized carbons (Fsp3) is 0.348. The Kier molecular flexibility index (Phi) is 6.46. The molecule has 0 saturated heterocycles. The molecule has 0 aliphatic heterocycles. The van der Waals surface area contributed by atoms with E-state index in [9.17, 15) is 31.1 Å². The lowest BCUT2D eigenvalue weighted by Crippen LogP contribution is -2.45. The van der Waals surface area contributed by atoms with Crippen LogP contribution in [0.3, 0.4) is 0 Å². The molecule has 34 heavy (non-hydrogen) atoms. The first-order chi connectivity index (χ1) is 15.4. The van der Waals surface area contributed by atoms with Gasteiger partial charge in [-0.3, -0.25) is 4.79 Å². The number of nitrogens with zero attached hydrogens (tertiary/aromatic N) is 1. The smallest absolute Gasteiger partial charge is 0.432 e. The molecule has 11 heteroatoms. The van der Waals surface area contributed by atoms with Gasteiger partial charge in [0.1, 0.15) is 0 Å². The zero-order chi connectivity index (χ0) is 25.9. The number of benzene rings is 2. The number of hydrogen-bond donors (Lipinski definition) is 0. The molecule has 1 atom stereocenters. The van der Waals surface area contributed by atoms with Gasteiger partial charge in [0.25, 0.3) is 0 Å². The molecule has 0 bridgehead atoms. The molecule has 0 saturated carbocycles. The summed E-state index contributed by atoms with van der Waals surface area (Å²) in [6.07, 6.45) is -8.74. The molecule has 0 spiro atoms. The number of aromatic nitrogens is 1. The summed E-state index contributed by atoms with van der Waals surface area (Å²) in [5.41, 5.74) is -5.82. The number of esters is 1. The molecule has 1 aromatic heterocycles. The van der Waals surface area contributed by atoms with Crippen molar-refractivity contribution in [2.24, 2.45) is 5.41 Å². The maximum Gasteiger partial charge on any atom is 0.432 e. The number of rotatable bonds is 3. The van der Waals surface area contributed by atoms with Crippen LogP contribution in [0, 0.1) is 5.41 Å². The molecule has 0 N–H and O–H groups in total. The number of carbonyl (C=O) groups is 1. The van der Waals surface area contributed by atoms with E-state index in [2.05, 4.69) is 0 Å².